The zero-order valence-corrected chi connectivity index (χ0v) is 15.3. The minimum absolute atomic E-state index is 0.00904. The van der Waals surface area contributed by atoms with Gasteiger partial charge in [0.25, 0.3) is 5.91 Å². The molecular formula is C22H17NO3S. The topological polar surface area (TPSA) is 55.4 Å². The quantitative estimate of drug-likeness (QED) is 0.521. The molecule has 0 bridgehead atoms. The molecule has 0 unspecified atom stereocenters. The number of fused-ring (bicyclic) bond motifs is 1. The molecule has 0 radical (unpaired) electrons. The largest absolute Gasteiger partial charge is 0.482 e. The van der Waals surface area contributed by atoms with Crippen molar-refractivity contribution in [3.8, 4) is 16.9 Å². The summed E-state index contributed by atoms with van der Waals surface area (Å²) < 4.78 is 5.32. The van der Waals surface area contributed by atoms with Crippen molar-refractivity contribution in [3.63, 3.8) is 0 Å². The second-order valence-corrected chi connectivity index (χ2v) is 7.20. The van der Waals surface area contributed by atoms with Crippen molar-refractivity contribution in [2.24, 2.45) is 0 Å². The van der Waals surface area contributed by atoms with Gasteiger partial charge < -0.3 is 10.1 Å². The molecule has 5 heteroatoms. The number of hydrogen-bond acceptors (Lipinski definition) is 4. The molecule has 3 aromatic carbocycles. The third-order valence-electron chi connectivity index (χ3n) is 4.27. The van der Waals surface area contributed by atoms with E-state index in [0.717, 1.165) is 10.5 Å². The van der Waals surface area contributed by atoms with Gasteiger partial charge in [-0.05, 0) is 41.5 Å². The van der Waals surface area contributed by atoms with Crippen LogP contribution in [0, 0.1) is 0 Å². The smallest absolute Gasteiger partial charge is 0.262 e. The molecule has 27 heavy (non-hydrogen) atoms. The zero-order chi connectivity index (χ0) is 18.6. The second-order valence-electron chi connectivity index (χ2n) is 6.15. The Morgan fingerprint density at radius 1 is 0.963 bits per heavy atom. The summed E-state index contributed by atoms with van der Waals surface area (Å²) in [4.78, 5) is 25.0. The highest BCUT2D eigenvalue weighted by molar-refractivity contribution is 8.00. The number of ketones is 1. The number of nitrogens with one attached hydrogen (secondary N) is 1. The summed E-state index contributed by atoms with van der Waals surface area (Å²) in [6, 6.07) is 23.5. The van der Waals surface area contributed by atoms with Crippen molar-refractivity contribution < 1.29 is 14.3 Å². The zero-order valence-electron chi connectivity index (χ0n) is 14.5. The SMILES string of the molecule is O=C1COc2ccc(C(=O)CSc3ccc(-c4ccccc4)cc3)cc2N1. The van der Waals surface area contributed by atoms with Gasteiger partial charge in [0.1, 0.15) is 5.75 Å². The lowest BCUT2D eigenvalue weighted by Gasteiger charge is -2.18. The number of anilines is 1. The van der Waals surface area contributed by atoms with Gasteiger partial charge in [-0.25, -0.2) is 0 Å². The molecule has 0 aromatic heterocycles. The van der Waals surface area contributed by atoms with Crippen LogP contribution in [0.2, 0.25) is 0 Å². The van der Waals surface area contributed by atoms with Crippen LogP contribution in [0.3, 0.4) is 0 Å². The molecule has 134 valence electrons. The van der Waals surface area contributed by atoms with E-state index in [0.29, 0.717) is 22.8 Å². The van der Waals surface area contributed by atoms with E-state index < -0.39 is 0 Å². The Kier molecular flexibility index (Phi) is 4.94. The number of amides is 1. The highest BCUT2D eigenvalue weighted by Gasteiger charge is 2.17. The average molecular weight is 375 g/mol. The highest BCUT2D eigenvalue weighted by atomic mass is 32.2. The van der Waals surface area contributed by atoms with Crippen molar-refractivity contribution >= 4 is 29.1 Å². The van der Waals surface area contributed by atoms with Gasteiger partial charge in [-0.2, -0.15) is 0 Å². The van der Waals surface area contributed by atoms with Crippen molar-refractivity contribution in [3.05, 3.63) is 78.4 Å². The second kappa shape index (κ2) is 7.68. The lowest BCUT2D eigenvalue weighted by Crippen LogP contribution is -2.25. The van der Waals surface area contributed by atoms with E-state index in [-0.39, 0.29) is 18.3 Å². The summed E-state index contributed by atoms with van der Waals surface area (Å²) in [6.45, 7) is 0.00905. The molecule has 1 N–H and O–H groups in total. The van der Waals surface area contributed by atoms with Crippen molar-refractivity contribution in [2.75, 3.05) is 17.7 Å². The average Bonchev–Trinajstić information content (AvgIpc) is 2.72. The monoisotopic (exact) mass is 375 g/mol. The van der Waals surface area contributed by atoms with E-state index in [4.69, 9.17) is 4.74 Å². The number of rotatable bonds is 5. The number of carbonyl (C=O) groups is 2. The lowest BCUT2D eigenvalue weighted by molar-refractivity contribution is -0.118. The normalized spacial score (nSPS) is 12.7. The number of benzene rings is 3. The maximum Gasteiger partial charge on any atom is 0.262 e. The first-order chi connectivity index (χ1) is 13.2. The van der Waals surface area contributed by atoms with E-state index in [2.05, 4.69) is 29.6 Å². The summed E-state index contributed by atoms with van der Waals surface area (Å²) in [5.41, 5.74) is 3.43. The molecule has 1 aliphatic rings. The number of ether oxygens (including phenoxy) is 1. The number of Topliss-reactive ketones (excluding diaryl/α,β-unsaturated/α-hetero) is 1. The molecule has 1 aliphatic heterocycles. The van der Waals surface area contributed by atoms with Crippen LogP contribution in [0.1, 0.15) is 10.4 Å². The summed E-state index contributed by atoms with van der Waals surface area (Å²) >= 11 is 1.50. The van der Waals surface area contributed by atoms with Crippen LogP contribution >= 0.6 is 11.8 Å². The molecule has 4 rings (SSSR count). The van der Waals surface area contributed by atoms with Gasteiger partial charge in [0.15, 0.2) is 12.4 Å². The van der Waals surface area contributed by atoms with E-state index in [1.54, 1.807) is 18.2 Å². The van der Waals surface area contributed by atoms with E-state index in [1.807, 2.05) is 30.3 Å². The van der Waals surface area contributed by atoms with E-state index >= 15 is 0 Å². The van der Waals surface area contributed by atoms with Gasteiger partial charge in [-0.1, -0.05) is 42.5 Å². The molecule has 1 heterocycles. The summed E-state index contributed by atoms with van der Waals surface area (Å²) in [7, 11) is 0. The minimum Gasteiger partial charge on any atom is -0.482 e. The maximum absolute atomic E-state index is 12.5. The molecule has 3 aromatic rings. The van der Waals surface area contributed by atoms with Crippen LogP contribution in [0.5, 0.6) is 5.75 Å². The molecule has 0 atom stereocenters. The van der Waals surface area contributed by atoms with Crippen LogP contribution in [0.25, 0.3) is 11.1 Å². The van der Waals surface area contributed by atoms with Gasteiger partial charge in [0.2, 0.25) is 0 Å². The Morgan fingerprint density at radius 3 is 2.48 bits per heavy atom. The molecule has 1 amide bonds. The first-order valence-electron chi connectivity index (χ1n) is 8.57. The third kappa shape index (κ3) is 4.04. The van der Waals surface area contributed by atoms with E-state index in [9.17, 15) is 9.59 Å². The van der Waals surface area contributed by atoms with Gasteiger partial charge in [0, 0.05) is 10.5 Å². The minimum atomic E-state index is -0.208. The summed E-state index contributed by atoms with van der Waals surface area (Å²) in [6.07, 6.45) is 0. The Bertz CT molecular complexity index is 984. The van der Waals surface area contributed by atoms with Crippen LogP contribution in [-0.2, 0) is 4.79 Å². The van der Waals surface area contributed by atoms with Crippen molar-refractivity contribution in [1.82, 2.24) is 0 Å². The standard InChI is InChI=1S/C22H17NO3S/c24-20(17-8-11-21-19(12-17)23-22(25)13-26-21)14-27-18-9-6-16(7-10-18)15-4-2-1-3-5-15/h1-12H,13-14H2,(H,23,25). The van der Waals surface area contributed by atoms with Crippen LogP contribution in [-0.4, -0.2) is 24.1 Å². The van der Waals surface area contributed by atoms with Crippen molar-refractivity contribution in [1.29, 1.82) is 0 Å². The summed E-state index contributed by atoms with van der Waals surface area (Å²) in [5, 5.41) is 2.73. The number of carbonyl (C=O) groups excluding carboxylic acids is 2. The fourth-order valence-corrected chi connectivity index (χ4v) is 3.66. The predicted molar refractivity (Wildman–Crippen MR) is 107 cm³/mol. The number of thioether (sulfide) groups is 1. The van der Waals surface area contributed by atoms with Gasteiger partial charge >= 0.3 is 0 Å². The lowest BCUT2D eigenvalue weighted by atomic mass is 10.1. The summed E-state index contributed by atoms with van der Waals surface area (Å²) in [5.74, 6) is 0.725. The van der Waals surface area contributed by atoms with Crippen LogP contribution in [0.4, 0.5) is 5.69 Å². The molecule has 0 saturated carbocycles. The van der Waals surface area contributed by atoms with Crippen LogP contribution < -0.4 is 10.1 Å². The fourth-order valence-electron chi connectivity index (χ4n) is 2.86. The Hall–Kier alpha value is -3.05. The highest BCUT2D eigenvalue weighted by Crippen LogP contribution is 2.30. The van der Waals surface area contributed by atoms with Gasteiger partial charge in [-0.3, -0.25) is 9.59 Å². The first kappa shape index (κ1) is 17.4. The van der Waals surface area contributed by atoms with Gasteiger partial charge in [-0.15, -0.1) is 11.8 Å². The molecule has 0 saturated heterocycles. The van der Waals surface area contributed by atoms with Crippen LogP contribution in [0.15, 0.2) is 77.7 Å². The molecular weight excluding hydrogens is 358 g/mol. The molecule has 0 aliphatic carbocycles. The predicted octanol–water partition coefficient (Wildman–Crippen LogP) is 4.66. The Balaban J connectivity index is 1.41. The molecule has 0 fully saturated rings. The van der Waals surface area contributed by atoms with Gasteiger partial charge in [0.05, 0.1) is 11.4 Å². The first-order valence-corrected chi connectivity index (χ1v) is 9.56. The Morgan fingerprint density at radius 2 is 1.70 bits per heavy atom. The van der Waals surface area contributed by atoms with E-state index in [1.165, 1.54) is 17.3 Å². The maximum atomic E-state index is 12.5. The Labute approximate surface area is 161 Å². The fraction of sp³-hybridized carbons (Fsp3) is 0.0909. The van der Waals surface area contributed by atoms with Crippen molar-refractivity contribution in [2.45, 2.75) is 4.90 Å². The number of hydrogen-bond donors (Lipinski definition) is 1. The molecule has 0 spiro atoms. The molecule has 4 nitrogen and oxygen atoms in total. The third-order valence-corrected chi connectivity index (χ3v) is 5.28.